The van der Waals surface area contributed by atoms with Crippen molar-refractivity contribution in [2.45, 2.75) is 19.3 Å². The fraction of sp³-hybridized carbons (Fsp3) is 0.364. The van der Waals surface area contributed by atoms with E-state index in [1.807, 2.05) is 24.3 Å². The van der Waals surface area contributed by atoms with E-state index in [1.54, 1.807) is 0 Å². The van der Waals surface area contributed by atoms with E-state index in [-0.39, 0.29) is 5.78 Å². The van der Waals surface area contributed by atoms with Crippen molar-refractivity contribution in [3.05, 3.63) is 54.2 Å². The molecule has 3 aromatic rings. The number of piperidine rings is 3. The van der Waals surface area contributed by atoms with Crippen LogP contribution in [0.5, 0.6) is 0 Å². The van der Waals surface area contributed by atoms with Gasteiger partial charge in [0.2, 0.25) is 0 Å². The molecule has 132 valence electrons. The molecule has 4 heteroatoms. The second-order valence-electron chi connectivity index (χ2n) is 7.72. The van der Waals surface area contributed by atoms with E-state index in [9.17, 15) is 4.79 Å². The normalized spacial score (nSPS) is 24.8. The lowest BCUT2D eigenvalue weighted by atomic mass is 9.76. The van der Waals surface area contributed by atoms with Gasteiger partial charge in [0.15, 0.2) is 5.78 Å². The number of Topliss-reactive ketones (excluding diaryl/α,β-unsaturated/α-hetero) is 1. The smallest absolute Gasteiger partial charge is 0.184 e. The highest BCUT2D eigenvalue weighted by Crippen LogP contribution is 2.35. The van der Waals surface area contributed by atoms with Crippen molar-refractivity contribution >= 4 is 16.7 Å². The Morgan fingerprint density at radius 1 is 1.08 bits per heavy atom. The number of aromatic amines is 1. The van der Waals surface area contributed by atoms with Crippen LogP contribution in [-0.2, 0) is 0 Å². The van der Waals surface area contributed by atoms with Crippen LogP contribution in [0.2, 0.25) is 0 Å². The van der Waals surface area contributed by atoms with E-state index in [0.717, 1.165) is 28.9 Å². The lowest BCUT2D eigenvalue weighted by molar-refractivity contribution is 0.0440. The molecule has 26 heavy (non-hydrogen) atoms. The first kappa shape index (κ1) is 15.8. The number of carbonyl (C=O) groups excluding carboxylic acids is 1. The molecule has 3 aliphatic heterocycles. The first-order valence-electron chi connectivity index (χ1n) is 9.57. The van der Waals surface area contributed by atoms with Crippen molar-refractivity contribution in [2.75, 3.05) is 19.6 Å². The van der Waals surface area contributed by atoms with Gasteiger partial charge in [-0.05, 0) is 61.0 Å². The summed E-state index contributed by atoms with van der Waals surface area (Å²) in [5, 5.41) is 8.38. The summed E-state index contributed by atoms with van der Waals surface area (Å²) >= 11 is 0. The number of ketones is 1. The average Bonchev–Trinajstić information content (AvgIpc) is 3.13. The molecule has 2 aromatic carbocycles. The van der Waals surface area contributed by atoms with Gasteiger partial charge in [0, 0.05) is 18.4 Å². The molecule has 3 fully saturated rings. The fourth-order valence-corrected chi connectivity index (χ4v) is 4.70. The standard InChI is InChI=1S/C22H23N3O/c26-21(13-18-14-25-10-8-16(18)9-11-25)22-19-7-6-17(12-20(19)23-24-22)15-4-2-1-3-5-15/h1-7,12,16,18H,8-11,13-14H2,(H,23,24)/t18-/m1/s1. The SMILES string of the molecule is O=C(C[C@@H]1CN2CCC1CC2)c1n[nH]c2cc(-c3ccccc3)ccc12. The number of hydrogen-bond donors (Lipinski definition) is 1. The molecule has 4 nitrogen and oxygen atoms in total. The lowest BCUT2D eigenvalue weighted by Crippen LogP contribution is -2.47. The summed E-state index contributed by atoms with van der Waals surface area (Å²) in [6.07, 6.45) is 3.13. The fourth-order valence-electron chi connectivity index (χ4n) is 4.70. The molecule has 4 heterocycles. The van der Waals surface area contributed by atoms with Gasteiger partial charge < -0.3 is 4.90 Å². The molecule has 0 unspecified atom stereocenters. The average molecular weight is 345 g/mol. The predicted octanol–water partition coefficient (Wildman–Crippen LogP) is 4.14. The van der Waals surface area contributed by atoms with Crippen molar-refractivity contribution < 1.29 is 4.79 Å². The molecule has 1 N–H and O–H groups in total. The van der Waals surface area contributed by atoms with Gasteiger partial charge in [-0.2, -0.15) is 5.10 Å². The van der Waals surface area contributed by atoms with Crippen LogP contribution in [0.15, 0.2) is 48.5 Å². The van der Waals surface area contributed by atoms with Crippen molar-refractivity contribution in [3.8, 4) is 11.1 Å². The Morgan fingerprint density at radius 2 is 1.88 bits per heavy atom. The van der Waals surface area contributed by atoms with Gasteiger partial charge in [-0.1, -0.05) is 36.4 Å². The summed E-state index contributed by atoms with van der Waals surface area (Å²) in [5.41, 5.74) is 3.85. The molecule has 6 rings (SSSR count). The van der Waals surface area contributed by atoms with Gasteiger partial charge in [0.05, 0.1) is 5.52 Å². The van der Waals surface area contributed by atoms with Crippen LogP contribution in [0.25, 0.3) is 22.0 Å². The second kappa shape index (κ2) is 6.36. The molecule has 0 saturated carbocycles. The molecule has 1 aromatic heterocycles. The number of hydrogen-bond acceptors (Lipinski definition) is 3. The highest BCUT2D eigenvalue weighted by molar-refractivity contribution is 6.06. The van der Waals surface area contributed by atoms with E-state index in [0.29, 0.717) is 18.0 Å². The zero-order chi connectivity index (χ0) is 17.5. The van der Waals surface area contributed by atoms with Crippen LogP contribution in [-0.4, -0.2) is 40.5 Å². The Labute approximate surface area is 153 Å². The van der Waals surface area contributed by atoms with Crippen LogP contribution in [0.4, 0.5) is 0 Å². The minimum Gasteiger partial charge on any atom is -0.303 e. The molecule has 0 spiro atoms. The van der Waals surface area contributed by atoms with Gasteiger partial charge in [-0.3, -0.25) is 9.89 Å². The number of nitrogens with one attached hydrogen (secondary N) is 1. The van der Waals surface area contributed by atoms with Gasteiger partial charge in [0.1, 0.15) is 5.69 Å². The van der Waals surface area contributed by atoms with E-state index in [4.69, 9.17) is 0 Å². The number of fused-ring (bicyclic) bond motifs is 4. The Bertz CT molecular complexity index is 938. The zero-order valence-corrected chi connectivity index (χ0v) is 14.8. The molecule has 3 saturated heterocycles. The zero-order valence-electron chi connectivity index (χ0n) is 14.8. The van der Waals surface area contributed by atoms with Crippen LogP contribution < -0.4 is 0 Å². The summed E-state index contributed by atoms with van der Waals surface area (Å²) in [6, 6.07) is 16.5. The van der Waals surface area contributed by atoms with Crippen molar-refractivity contribution in [1.82, 2.24) is 15.1 Å². The largest absolute Gasteiger partial charge is 0.303 e. The highest BCUT2D eigenvalue weighted by Gasteiger charge is 2.35. The second-order valence-corrected chi connectivity index (χ2v) is 7.72. The van der Waals surface area contributed by atoms with Crippen LogP contribution >= 0.6 is 0 Å². The quantitative estimate of drug-likeness (QED) is 0.723. The van der Waals surface area contributed by atoms with E-state index in [2.05, 4.69) is 39.4 Å². The summed E-state index contributed by atoms with van der Waals surface area (Å²) in [7, 11) is 0. The monoisotopic (exact) mass is 345 g/mol. The number of carbonyl (C=O) groups is 1. The molecular weight excluding hydrogens is 322 g/mol. The number of rotatable bonds is 4. The maximum Gasteiger partial charge on any atom is 0.184 e. The maximum absolute atomic E-state index is 12.9. The Morgan fingerprint density at radius 3 is 2.62 bits per heavy atom. The Kier molecular flexibility index (Phi) is 3.86. The third-order valence-corrected chi connectivity index (χ3v) is 6.17. The summed E-state index contributed by atoms with van der Waals surface area (Å²) in [5.74, 6) is 1.40. The molecule has 0 amide bonds. The summed E-state index contributed by atoms with van der Waals surface area (Å²) < 4.78 is 0. The van der Waals surface area contributed by atoms with Gasteiger partial charge in [0.25, 0.3) is 0 Å². The van der Waals surface area contributed by atoms with Gasteiger partial charge >= 0.3 is 0 Å². The van der Waals surface area contributed by atoms with Crippen molar-refractivity contribution in [1.29, 1.82) is 0 Å². The first-order valence-corrected chi connectivity index (χ1v) is 9.57. The molecule has 0 radical (unpaired) electrons. The van der Waals surface area contributed by atoms with Crippen LogP contribution in [0, 0.1) is 11.8 Å². The minimum absolute atomic E-state index is 0.183. The van der Waals surface area contributed by atoms with Crippen molar-refractivity contribution in [2.24, 2.45) is 11.8 Å². The molecule has 0 aliphatic carbocycles. The van der Waals surface area contributed by atoms with Gasteiger partial charge in [-0.25, -0.2) is 0 Å². The third-order valence-electron chi connectivity index (χ3n) is 6.17. The predicted molar refractivity (Wildman–Crippen MR) is 103 cm³/mol. The maximum atomic E-state index is 12.9. The highest BCUT2D eigenvalue weighted by atomic mass is 16.1. The minimum atomic E-state index is 0.183. The van der Waals surface area contributed by atoms with E-state index < -0.39 is 0 Å². The first-order chi connectivity index (χ1) is 12.8. The summed E-state index contributed by atoms with van der Waals surface area (Å²) in [6.45, 7) is 3.50. The lowest BCUT2D eigenvalue weighted by Gasteiger charge is -2.44. The summed E-state index contributed by atoms with van der Waals surface area (Å²) in [4.78, 5) is 15.4. The van der Waals surface area contributed by atoms with Crippen molar-refractivity contribution in [3.63, 3.8) is 0 Å². The number of H-pyrrole nitrogens is 1. The number of benzene rings is 2. The molecule has 1 atom stereocenters. The number of nitrogens with zero attached hydrogens (tertiary/aromatic N) is 2. The Balaban J connectivity index is 1.40. The molecule has 2 bridgehead atoms. The van der Waals surface area contributed by atoms with E-state index in [1.165, 1.54) is 31.5 Å². The molecule has 3 aliphatic rings. The van der Waals surface area contributed by atoms with E-state index >= 15 is 0 Å². The number of aromatic nitrogens is 2. The van der Waals surface area contributed by atoms with Gasteiger partial charge in [-0.15, -0.1) is 0 Å². The molecular formula is C22H23N3O. The third kappa shape index (κ3) is 2.74. The Hall–Kier alpha value is -2.46. The topological polar surface area (TPSA) is 49.0 Å². The van der Waals surface area contributed by atoms with Crippen LogP contribution in [0.3, 0.4) is 0 Å². The van der Waals surface area contributed by atoms with Crippen LogP contribution in [0.1, 0.15) is 29.8 Å².